The Balaban J connectivity index is 2.01. The summed E-state index contributed by atoms with van der Waals surface area (Å²) < 4.78 is 7.13. The lowest BCUT2D eigenvalue weighted by Crippen LogP contribution is -1.96. The van der Waals surface area contributed by atoms with Crippen LogP contribution >= 0.6 is 35.4 Å². The molecule has 8 heteroatoms. The van der Waals surface area contributed by atoms with Gasteiger partial charge in [-0.1, -0.05) is 41.4 Å². The van der Waals surface area contributed by atoms with E-state index in [1.807, 2.05) is 24.3 Å². The van der Waals surface area contributed by atoms with Gasteiger partial charge in [0, 0.05) is 16.1 Å². The van der Waals surface area contributed by atoms with Crippen LogP contribution in [0.15, 0.2) is 47.6 Å². The minimum Gasteiger partial charge on any atom is -0.497 e. The van der Waals surface area contributed by atoms with Crippen LogP contribution in [-0.4, -0.2) is 28.2 Å². The second-order valence-electron chi connectivity index (χ2n) is 4.81. The van der Waals surface area contributed by atoms with Crippen molar-refractivity contribution in [2.24, 2.45) is 5.10 Å². The number of methoxy groups -OCH3 is 1. The minimum absolute atomic E-state index is 0.370. The zero-order valence-corrected chi connectivity index (χ0v) is 14.9. The number of benzene rings is 2. The lowest BCUT2D eigenvalue weighted by molar-refractivity contribution is 0.415. The van der Waals surface area contributed by atoms with E-state index in [1.165, 1.54) is 4.68 Å². The summed E-state index contributed by atoms with van der Waals surface area (Å²) in [6, 6.07) is 12.7. The van der Waals surface area contributed by atoms with Gasteiger partial charge in [-0.05, 0) is 36.5 Å². The molecule has 1 aromatic heterocycles. The zero-order chi connectivity index (χ0) is 17.1. The van der Waals surface area contributed by atoms with E-state index in [9.17, 15) is 0 Å². The molecule has 0 saturated heterocycles. The third-order valence-electron chi connectivity index (χ3n) is 3.25. The van der Waals surface area contributed by atoms with Crippen molar-refractivity contribution < 1.29 is 4.74 Å². The lowest BCUT2D eigenvalue weighted by Gasteiger charge is -2.04. The molecule has 0 aliphatic rings. The minimum atomic E-state index is 0.370. The summed E-state index contributed by atoms with van der Waals surface area (Å²) in [4.78, 5) is 0. The summed E-state index contributed by atoms with van der Waals surface area (Å²) in [6.07, 6.45) is 1.60. The maximum Gasteiger partial charge on any atom is 0.216 e. The zero-order valence-electron chi connectivity index (χ0n) is 12.5. The Kier molecular flexibility index (Phi) is 4.99. The summed E-state index contributed by atoms with van der Waals surface area (Å²) in [5.41, 5.74) is 1.54. The highest BCUT2D eigenvalue weighted by molar-refractivity contribution is 7.71. The van der Waals surface area contributed by atoms with Gasteiger partial charge in [0.05, 0.1) is 18.3 Å². The van der Waals surface area contributed by atoms with Crippen LogP contribution in [0.5, 0.6) is 5.75 Å². The number of rotatable bonds is 4. The van der Waals surface area contributed by atoms with Crippen molar-refractivity contribution in [3.63, 3.8) is 0 Å². The van der Waals surface area contributed by atoms with Gasteiger partial charge in [0.2, 0.25) is 4.77 Å². The van der Waals surface area contributed by atoms with E-state index in [4.69, 9.17) is 40.2 Å². The Hall–Kier alpha value is -2.15. The molecule has 5 nitrogen and oxygen atoms in total. The molecule has 1 heterocycles. The first-order valence-electron chi connectivity index (χ1n) is 6.90. The van der Waals surface area contributed by atoms with Crippen LogP contribution in [0.3, 0.4) is 0 Å². The first-order chi connectivity index (χ1) is 11.6. The van der Waals surface area contributed by atoms with Crippen LogP contribution in [0.25, 0.3) is 11.4 Å². The van der Waals surface area contributed by atoms with Gasteiger partial charge < -0.3 is 4.74 Å². The summed E-state index contributed by atoms with van der Waals surface area (Å²) in [6.45, 7) is 0. The average Bonchev–Trinajstić information content (AvgIpc) is 2.95. The Labute approximate surface area is 153 Å². The molecular weight excluding hydrogens is 367 g/mol. The van der Waals surface area contributed by atoms with Crippen LogP contribution in [0.2, 0.25) is 10.0 Å². The molecule has 0 aliphatic carbocycles. The number of hydrogen-bond donors (Lipinski definition) is 1. The molecule has 0 amide bonds. The third-order valence-corrected chi connectivity index (χ3v) is 4.08. The fourth-order valence-electron chi connectivity index (χ4n) is 2.07. The Morgan fingerprint density at radius 2 is 2.08 bits per heavy atom. The molecule has 0 atom stereocenters. The highest BCUT2D eigenvalue weighted by Gasteiger charge is 2.09. The molecule has 1 N–H and O–H groups in total. The number of aromatic nitrogens is 3. The molecule has 3 aromatic rings. The van der Waals surface area contributed by atoms with Crippen molar-refractivity contribution in [3.8, 4) is 17.1 Å². The molecule has 0 radical (unpaired) electrons. The van der Waals surface area contributed by atoms with E-state index in [0.717, 1.165) is 16.9 Å². The Morgan fingerprint density at radius 1 is 1.25 bits per heavy atom. The van der Waals surface area contributed by atoms with Gasteiger partial charge in [0.25, 0.3) is 0 Å². The van der Waals surface area contributed by atoms with E-state index < -0.39 is 0 Å². The molecule has 0 aliphatic heterocycles. The maximum atomic E-state index is 6.15. The van der Waals surface area contributed by atoms with Gasteiger partial charge >= 0.3 is 0 Å². The van der Waals surface area contributed by atoms with Crippen molar-refractivity contribution >= 4 is 41.6 Å². The normalized spacial score (nSPS) is 11.1. The van der Waals surface area contributed by atoms with E-state index in [0.29, 0.717) is 20.6 Å². The van der Waals surface area contributed by atoms with Crippen LogP contribution in [0, 0.1) is 4.77 Å². The predicted octanol–water partition coefficient (Wildman–Crippen LogP) is 4.81. The highest BCUT2D eigenvalue weighted by atomic mass is 35.5. The van der Waals surface area contributed by atoms with E-state index in [2.05, 4.69) is 15.3 Å². The quantitative estimate of drug-likeness (QED) is 0.523. The Morgan fingerprint density at radius 3 is 2.83 bits per heavy atom. The van der Waals surface area contributed by atoms with Crippen molar-refractivity contribution in [3.05, 3.63) is 62.8 Å². The standard InChI is InChI=1S/C16H12Cl2N4OS/c1-23-13-4-2-3-10(7-13)15-20-21-16(24)22(15)19-9-11-5-6-12(17)8-14(11)18/h2-9H,1H3,(H,21,24). The number of nitrogens with zero attached hydrogens (tertiary/aromatic N) is 3. The number of H-pyrrole nitrogens is 1. The fourth-order valence-corrected chi connectivity index (χ4v) is 2.71. The van der Waals surface area contributed by atoms with E-state index >= 15 is 0 Å². The van der Waals surface area contributed by atoms with Crippen molar-refractivity contribution in [1.82, 2.24) is 14.9 Å². The molecule has 0 spiro atoms. The molecule has 0 fully saturated rings. The second-order valence-corrected chi connectivity index (χ2v) is 6.04. The van der Waals surface area contributed by atoms with Gasteiger partial charge in [-0.25, -0.2) is 5.10 Å². The maximum absolute atomic E-state index is 6.15. The Bertz CT molecular complexity index is 965. The van der Waals surface area contributed by atoms with Gasteiger partial charge in [0.1, 0.15) is 5.75 Å². The molecule has 122 valence electrons. The van der Waals surface area contributed by atoms with Crippen LogP contribution in [0.4, 0.5) is 0 Å². The van der Waals surface area contributed by atoms with Crippen molar-refractivity contribution in [2.45, 2.75) is 0 Å². The summed E-state index contributed by atoms with van der Waals surface area (Å²) in [5, 5.41) is 12.4. The first-order valence-corrected chi connectivity index (χ1v) is 8.06. The number of nitrogens with one attached hydrogen (secondary N) is 1. The van der Waals surface area contributed by atoms with Gasteiger partial charge in [-0.2, -0.15) is 14.9 Å². The van der Waals surface area contributed by atoms with Gasteiger partial charge in [-0.3, -0.25) is 0 Å². The fraction of sp³-hybridized carbons (Fsp3) is 0.0625. The monoisotopic (exact) mass is 378 g/mol. The highest BCUT2D eigenvalue weighted by Crippen LogP contribution is 2.23. The lowest BCUT2D eigenvalue weighted by atomic mass is 10.2. The summed E-state index contributed by atoms with van der Waals surface area (Å²) in [7, 11) is 1.61. The predicted molar refractivity (Wildman–Crippen MR) is 98.9 cm³/mol. The van der Waals surface area contributed by atoms with Crippen molar-refractivity contribution in [2.75, 3.05) is 7.11 Å². The topological polar surface area (TPSA) is 55.2 Å². The van der Waals surface area contributed by atoms with Crippen LogP contribution in [-0.2, 0) is 0 Å². The third kappa shape index (κ3) is 3.51. The molecule has 0 bridgehead atoms. The first kappa shape index (κ1) is 16.7. The number of aromatic amines is 1. The molecule has 3 rings (SSSR count). The largest absolute Gasteiger partial charge is 0.497 e. The number of ether oxygens (including phenoxy) is 1. The van der Waals surface area contributed by atoms with E-state index in [1.54, 1.807) is 31.5 Å². The van der Waals surface area contributed by atoms with Gasteiger partial charge in [-0.15, -0.1) is 0 Å². The van der Waals surface area contributed by atoms with Gasteiger partial charge in [0.15, 0.2) is 5.82 Å². The van der Waals surface area contributed by atoms with E-state index in [-0.39, 0.29) is 0 Å². The SMILES string of the molecule is COc1cccc(-c2n[nH]c(=S)n2N=Cc2ccc(Cl)cc2Cl)c1. The number of hydrogen-bond acceptors (Lipinski definition) is 4. The number of halogens is 2. The molecule has 0 unspecified atom stereocenters. The van der Waals surface area contributed by atoms with Crippen molar-refractivity contribution in [1.29, 1.82) is 0 Å². The average molecular weight is 379 g/mol. The molecule has 0 saturated carbocycles. The van der Waals surface area contributed by atoms with Crippen LogP contribution < -0.4 is 4.74 Å². The molecule has 24 heavy (non-hydrogen) atoms. The summed E-state index contributed by atoms with van der Waals surface area (Å²) >= 11 is 17.3. The smallest absolute Gasteiger partial charge is 0.216 e. The second kappa shape index (κ2) is 7.17. The van der Waals surface area contributed by atoms with Crippen LogP contribution in [0.1, 0.15) is 5.56 Å². The molecular formula is C16H12Cl2N4OS. The summed E-state index contributed by atoms with van der Waals surface area (Å²) in [5.74, 6) is 1.29. The molecule has 2 aromatic carbocycles.